The summed E-state index contributed by atoms with van der Waals surface area (Å²) < 4.78 is 5.99. The molecule has 0 unspecified atom stereocenters. The van der Waals surface area contributed by atoms with Crippen LogP contribution in [0.2, 0.25) is 0 Å². The highest BCUT2D eigenvalue weighted by atomic mass is 16.5. The summed E-state index contributed by atoms with van der Waals surface area (Å²) in [5.74, 6) is 1.53. The van der Waals surface area contributed by atoms with E-state index < -0.39 is 0 Å². The number of carbonyl (C=O) groups is 1. The fourth-order valence-corrected chi connectivity index (χ4v) is 3.62. The van der Waals surface area contributed by atoms with Crippen molar-refractivity contribution < 1.29 is 9.53 Å². The number of nitrogens with zero attached hydrogens (tertiary/aromatic N) is 1. The number of fused-ring (bicyclic) bond motifs is 3. The minimum atomic E-state index is 0.0745. The molecule has 0 saturated carbocycles. The van der Waals surface area contributed by atoms with Crippen molar-refractivity contribution in [3.8, 4) is 5.75 Å². The highest BCUT2D eigenvalue weighted by Gasteiger charge is 2.34. The Morgan fingerprint density at radius 3 is 2.46 bits per heavy atom. The molecule has 24 heavy (non-hydrogen) atoms. The molecule has 1 aliphatic heterocycles. The maximum Gasteiger partial charge on any atom is 0.207 e. The summed E-state index contributed by atoms with van der Waals surface area (Å²) in [6, 6.07) is 20.1. The van der Waals surface area contributed by atoms with E-state index in [0.29, 0.717) is 12.3 Å². The molecule has 1 aliphatic carbocycles. The highest BCUT2D eigenvalue weighted by Crippen LogP contribution is 2.41. The third-order valence-corrected chi connectivity index (χ3v) is 4.85. The van der Waals surface area contributed by atoms with Crippen molar-refractivity contribution in [3.63, 3.8) is 0 Å². The van der Waals surface area contributed by atoms with E-state index in [1.165, 1.54) is 5.39 Å². The second-order valence-corrected chi connectivity index (χ2v) is 6.27. The molecule has 2 aliphatic rings. The molecule has 0 fully saturated rings. The molecule has 3 heteroatoms. The molecule has 0 amide bonds. The predicted molar refractivity (Wildman–Crippen MR) is 94.5 cm³/mol. The van der Waals surface area contributed by atoms with Gasteiger partial charge in [-0.3, -0.25) is 4.79 Å². The summed E-state index contributed by atoms with van der Waals surface area (Å²) >= 11 is 0. The van der Waals surface area contributed by atoms with Crippen LogP contribution < -0.4 is 9.64 Å². The molecule has 0 spiro atoms. The van der Waals surface area contributed by atoms with Gasteiger partial charge in [0.25, 0.3) is 0 Å². The monoisotopic (exact) mass is 313 g/mol. The van der Waals surface area contributed by atoms with E-state index in [1.54, 1.807) is 0 Å². The van der Waals surface area contributed by atoms with Gasteiger partial charge >= 0.3 is 0 Å². The number of carbonyl (C=O) groups excluding carboxylic acids is 1. The lowest BCUT2D eigenvalue weighted by atomic mass is 10.0. The first-order valence-corrected chi connectivity index (χ1v) is 8.02. The van der Waals surface area contributed by atoms with Crippen LogP contribution in [0.5, 0.6) is 5.75 Å². The number of benzene rings is 3. The van der Waals surface area contributed by atoms with Crippen LogP contribution in [0, 0.1) is 0 Å². The number of anilines is 1. The Kier molecular flexibility index (Phi) is 2.63. The number of allylic oxidation sites excluding steroid dienone is 1. The SMILES string of the molecule is CN1/C(=C2\Cc3cc4ccccc4cc3C2=O)Oc2ccccc21. The normalized spacial score (nSPS) is 18.7. The van der Waals surface area contributed by atoms with Crippen molar-refractivity contribution in [1.29, 1.82) is 0 Å². The van der Waals surface area contributed by atoms with Crippen molar-refractivity contribution in [2.24, 2.45) is 0 Å². The third-order valence-electron chi connectivity index (χ3n) is 4.85. The Morgan fingerprint density at radius 1 is 0.958 bits per heavy atom. The summed E-state index contributed by atoms with van der Waals surface area (Å²) in [7, 11) is 1.95. The molecule has 0 saturated heterocycles. The zero-order valence-electron chi connectivity index (χ0n) is 13.2. The van der Waals surface area contributed by atoms with Crippen molar-refractivity contribution in [3.05, 3.63) is 83.2 Å². The van der Waals surface area contributed by atoms with Gasteiger partial charge in [0, 0.05) is 19.0 Å². The van der Waals surface area contributed by atoms with Crippen molar-refractivity contribution in [2.45, 2.75) is 6.42 Å². The molecule has 0 aromatic heterocycles. The lowest BCUT2D eigenvalue weighted by molar-refractivity contribution is 0.103. The third kappa shape index (κ3) is 1.75. The lowest BCUT2D eigenvalue weighted by Crippen LogP contribution is -2.18. The number of ether oxygens (including phenoxy) is 1. The Bertz CT molecular complexity index is 1050. The smallest absolute Gasteiger partial charge is 0.207 e. The molecule has 3 aromatic rings. The molecule has 5 rings (SSSR count). The first kappa shape index (κ1) is 13.4. The first-order chi connectivity index (χ1) is 11.7. The molecule has 0 radical (unpaired) electrons. The molecular weight excluding hydrogens is 298 g/mol. The summed E-state index contributed by atoms with van der Waals surface area (Å²) in [4.78, 5) is 14.9. The van der Waals surface area contributed by atoms with Gasteiger partial charge in [0.1, 0.15) is 0 Å². The van der Waals surface area contributed by atoms with Gasteiger partial charge in [0.2, 0.25) is 5.88 Å². The van der Waals surface area contributed by atoms with Crippen LogP contribution >= 0.6 is 0 Å². The van der Waals surface area contributed by atoms with Gasteiger partial charge in [-0.1, -0.05) is 42.5 Å². The molecule has 0 bridgehead atoms. The summed E-state index contributed by atoms with van der Waals surface area (Å²) in [5.41, 5.74) is 3.60. The number of hydrogen-bond acceptors (Lipinski definition) is 3. The van der Waals surface area contributed by atoms with Gasteiger partial charge in [-0.05, 0) is 34.5 Å². The number of hydrogen-bond donors (Lipinski definition) is 0. The van der Waals surface area contributed by atoms with Crippen molar-refractivity contribution >= 4 is 22.2 Å². The maximum absolute atomic E-state index is 13.0. The van der Waals surface area contributed by atoms with Gasteiger partial charge in [-0.25, -0.2) is 0 Å². The van der Waals surface area contributed by atoms with E-state index in [0.717, 1.165) is 33.5 Å². The first-order valence-electron chi connectivity index (χ1n) is 8.02. The van der Waals surface area contributed by atoms with Crippen molar-refractivity contribution in [2.75, 3.05) is 11.9 Å². The maximum atomic E-state index is 13.0. The Morgan fingerprint density at radius 2 is 1.67 bits per heavy atom. The second kappa shape index (κ2) is 4.71. The Labute approximate surface area is 139 Å². The highest BCUT2D eigenvalue weighted by molar-refractivity contribution is 6.15. The van der Waals surface area contributed by atoms with Crippen LogP contribution in [-0.2, 0) is 6.42 Å². The summed E-state index contributed by atoms with van der Waals surface area (Å²) in [6.45, 7) is 0. The zero-order chi connectivity index (χ0) is 16.3. The van der Waals surface area contributed by atoms with Gasteiger partial charge < -0.3 is 9.64 Å². The number of ketones is 1. The average Bonchev–Trinajstić information content (AvgIpc) is 3.11. The molecule has 116 valence electrons. The van der Waals surface area contributed by atoms with Gasteiger partial charge in [-0.2, -0.15) is 0 Å². The molecule has 3 aromatic carbocycles. The van der Waals surface area contributed by atoms with E-state index in [2.05, 4.69) is 12.1 Å². The fraction of sp³-hybridized carbons (Fsp3) is 0.0952. The van der Waals surface area contributed by atoms with Crippen LogP contribution in [0.3, 0.4) is 0 Å². The lowest BCUT2D eigenvalue weighted by Gasteiger charge is -2.13. The largest absolute Gasteiger partial charge is 0.438 e. The van der Waals surface area contributed by atoms with Gasteiger partial charge in [-0.15, -0.1) is 0 Å². The number of rotatable bonds is 0. The van der Waals surface area contributed by atoms with E-state index in [1.807, 2.05) is 60.5 Å². The predicted octanol–water partition coefficient (Wildman–Crippen LogP) is 4.32. The molecule has 0 atom stereocenters. The Hall–Kier alpha value is -3.07. The standard InChI is InChI=1S/C21H15NO2/c1-22-18-8-4-5-9-19(18)24-21(22)17-12-15-10-13-6-2-3-7-14(13)11-16(15)20(17)23/h2-11H,12H2,1H3/b21-17-. The minimum Gasteiger partial charge on any atom is -0.438 e. The van der Waals surface area contributed by atoms with Crippen LogP contribution in [0.25, 0.3) is 10.8 Å². The van der Waals surface area contributed by atoms with E-state index >= 15 is 0 Å². The summed E-state index contributed by atoms with van der Waals surface area (Å²) in [5, 5.41) is 2.26. The van der Waals surface area contributed by atoms with Crippen LogP contribution in [0.4, 0.5) is 5.69 Å². The van der Waals surface area contributed by atoms with Gasteiger partial charge in [0.05, 0.1) is 11.3 Å². The van der Waals surface area contributed by atoms with Crippen molar-refractivity contribution in [1.82, 2.24) is 0 Å². The molecule has 3 nitrogen and oxygen atoms in total. The van der Waals surface area contributed by atoms with E-state index in [-0.39, 0.29) is 5.78 Å². The zero-order valence-corrected chi connectivity index (χ0v) is 13.2. The fourth-order valence-electron chi connectivity index (χ4n) is 3.62. The van der Waals surface area contributed by atoms with E-state index in [9.17, 15) is 4.79 Å². The molecule has 0 N–H and O–H groups in total. The number of Topliss-reactive ketones (excluding diaryl/α,β-unsaturated/α-hetero) is 1. The average molecular weight is 313 g/mol. The van der Waals surface area contributed by atoms with Crippen LogP contribution in [0.15, 0.2) is 72.1 Å². The van der Waals surface area contributed by atoms with Gasteiger partial charge in [0.15, 0.2) is 11.5 Å². The van der Waals surface area contributed by atoms with Crippen LogP contribution in [0.1, 0.15) is 15.9 Å². The minimum absolute atomic E-state index is 0.0745. The van der Waals surface area contributed by atoms with Crippen LogP contribution in [-0.4, -0.2) is 12.8 Å². The Balaban J connectivity index is 1.65. The molecular formula is C21H15NO2. The number of para-hydroxylation sites is 2. The second-order valence-electron chi connectivity index (χ2n) is 6.27. The topological polar surface area (TPSA) is 29.5 Å². The van der Waals surface area contributed by atoms with E-state index in [4.69, 9.17) is 4.74 Å². The molecule has 1 heterocycles. The summed E-state index contributed by atoms with van der Waals surface area (Å²) in [6.07, 6.45) is 0.618. The quantitative estimate of drug-likeness (QED) is 0.579.